The summed E-state index contributed by atoms with van der Waals surface area (Å²) in [7, 11) is 0. The number of halogens is 1. The zero-order valence-corrected chi connectivity index (χ0v) is 22.4. The normalized spacial score (nSPS) is 19.9. The molecule has 3 heterocycles. The van der Waals surface area contributed by atoms with Gasteiger partial charge in [0, 0.05) is 22.4 Å². The number of fused-ring (bicyclic) bond motifs is 3. The summed E-state index contributed by atoms with van der Waals surface area (Å²) in [5.74, 6) is 2.10. The van der Waals surface area contributed by atoms with Crippen molar-refractivity contribution in [2.24, 2.45) is 0 Å². The van der Waals surface area contributed by atoms with Crippen LogP contribution in [0.25, 0.3) is 5.69 Å². The Kier molecular flexibility index (Phi) is 7.45. The Labute approximate surface area is 225 Å². The van der Waals surface area contributed by atoms with Gasteiger partial charge in [0.25, 0.3) is 0 Å². The number of hydrogen-bond acceptors (Lipinski definition) is 10. The molecule has 2 aliphatic rings. The standard InChI is InChI=1S/C26H32ClN5O6/c1-26(2,3)36-25(35)38-31-11-17-10-18(27)8-9-20(17)32-22(12-31)28-29-24(32)16-6-4-15(5-7-16)23-19(13-33)21(14-34)37-30-23/h8-10,15-16,33-34H,4-7,11-14H2,1-3H3/t15-,16-. The maximum Gasteiger partial charge on any atom is 0.528 e. The van der Waals surface area contributed by atoms with Gasteiger partial charge in [0.05, 0.1) is 31.1 Å². The second kappa shape index (κ2) is 10.6. The summed E-state index contributed by atoms with van der Waals surface area (Å²) in [5, 5.41) is 34.5. The van der Waals surface area contributed by atoms with E-state index in [1.54, 1.807) is 20.8 Å². The molecule has 0 atom stereocenters. The van der Waals surface area contributed by atoms with Crippen LogP contribution in [0.3, 0.4) is 0 Å². The van der Waals surface area contributed by atoms with Crippen LogP contribution >= 0.6 is 11.6 Å². The zero-order chi connectivity index (χ0) is 27.0. The Morgan fingerprint density at radius 2 is 1.84 bits per heavy atom. The van der Waals surface area contributed by atoms with Gasteiger partial charge < -0.3 is 24.3 Å². The van der Waals surface area contributed by atoms with Crippen LogP contribution in [0.15, 0.2) is 22.7 Å². The van der Waals surface area contributed by atoms with Crippen LogP contribution in [-0.2, 0) is 35.9 Å². The van der Waals surface area contributed by atoms with Crippen molar-refractivity contribution in [3.8, 4) is 5.69 Å². The Balaban J connectivity index is 1.39. The molecule has 0 unspecified atom stereocenters. The van der Waals surface area contributed by atoms with E-state index in [9.17, 15) is 15.0 Å². The molecule has 0 radical (unpaired) electrons. The highest BCUT2D eigenvalue weighted by molar-refractivity contribution is 6.30. The third kappa shape index (κ3) is 5.42. The maximum atomic E-state index is 12.4. The molecule has 1 saturated carbocycles. The van der Waals surface area contributed by atoms with E-state index >= 15 is 0 Å². The SMILES string of the molecule is CC(C)(C)OC(=O)ON1Cc2cc(Cl)ccc2-n2c(nnc2[C@H]2CC[C@H](c3noc(CO)c3CO)CC2)C1. The average Bonchev–Trinajstić information content (AvgIpc) is 3.43. The van der Waals surface area contributed by atoms with Crippen LogP contribution < -0.4 is 0 Å². The lowest BCUT2D eigenvalue weighted by Crippen LogP contribution is -2.31. The zero-order valence-electron chi connectivity index (χ0n) is 21.7. The number of hydrogen-bond donors (Lipinski definition) is 2. The van der Waals surface area contributed by atoms with E-state index in [0.29, 0.717) is 28.7 Å². The number of rotatable bonds is 5. The number of hydroxylamine groups is 2. The second-order valence-corrected chi connectivity index (χ2v) is 11.2. The number of aliphatic hydroxyl groups is 2. The van der Waals surface area contributed by atoms with Crippen LogP contribution in [0.5, 0.6) is 0 Å². The molecule has 204 valence electrons. The van der Waals surface area contributed by atoms with Crippen molar-refractivity contribution in [3.05, 3.63) is 57.5 Å². The van der Waals surface area contributed by atoms with Gasteiger partial charge in [-0.15, -0.1) is 15.3 Å². The van der Waals surface area contributed by atoms with E-state index in [-0.39, 0.29) is 31.6 Å². The Morgan fingerprint density at radius 3 is 2.53 bits per heavy atom. The average molecular weight is 546 g/mol. The molecule has 5 rings (SSSR count). The quantitative estimate of drug-likeness (QED) is 0.440. The molecule has 1 aliphatic heterocycles. The second-order valence-electron chi connectivity index (χ2n) is 10.8. The number of carbonyl (C=O) groups is 1. The fourth-order valence-electron chi connectivity index (χ4n) is 5.30. The highest BCUT2D eigenvalue weighted by Crippen LogP contribution is 2.42. The molecular weight excluding hydrogens is 514 g/mol. The minimum Gasteiger partial charge on any atom is -0.427 e. The first kappa shape index (κ1) is 26.6. The first-order valence-corrected chi connectivity index (χ1v) is 13.1. The van der Waals surface area contributed by atoms with E-state index in [2.05, 4.69) is 15.4 Å². The van der Waals surface area contributed by atoms with E-state index in [4.69, 9.17) is 25.7 Å². The van der Waals surface area contributed by atoms with Crippen molar-refractivity contribution in [1.29, 1.82) is 0 Å². The molecule has 11 nitrogen and oxygen atoms in total. The van der Waals surface area contributed by atoms with Crippen molar-refractivity contribution in [2.75, 3.05) is 0 Å². The lowest BCUT2D eigenvalue weighted by Gasteiger charge is -2.27. The molecule has 3 aromatic rings. The Bertz CT molecular complexity index is 1310. The molecule has 2 aromatic heterocycles. The minimum atomic E-state index is -0.785. The summed E-state index contributed by atoms with van der Waals surface area (Å²) in [6.45, 7) is 5.38. The predicted octanol–water partition coefficient (Wildman–Crippen LogP) is 4.52. The third-order valence-corrected chi connectivity index (χ3v) is 7.21. The van der Waals surface area contributed by atoms with Crippen molar-refractivity contribution < 1.29 is 29.1 Å². The van der Waals surface area contributed by atoms with E-state index in [1.807, 2.05) is 22.8 Å². The first-order valence-electron chi connectivity index (χ1n) is 12.7. The molecule has 0 spiro atoms. The fraction of sp³-hybridized carbons (Fsp3) is 0.538. The third-order valence-electron chi connectivity index (χ3n) is 6.98. The van der Waals surface area contributed by atoms with Gasteiger partial charge in [0.15, 0.2) is 11.6 Å². The summed E-state index contributed by atoms with van der Waals surface area (Å²) >= 11 is 6.33. The molecule has 1 aliphatic carbocycles. The van der Waals surface area contributed by atoms with Gasteiger partial charge in [-0.25, -0.2) is 4.79 Å². The summed E-state index contributed by atoms with van der Waals surface area (Å²) in [6, 6.07) is 5.63. The van der Waals surface area contributed by atoms with Gasteiger partial charge >= 0.3 is 6.16 Å². The Morgan fingerprint density at radius 1 is 1.11 bits per heavy atom. The topological polar surface area (TPSA) is 136 Å². The van der Waals surface area contributed by atoms with E-state index in [1.165, 1.54) is 5.06 Å². The van der Waals surface area contributed by atoms with Gasteiger partial charge in [-0.2, -0.15) is 0 Å². The van der Waals surface area contributed by atoms with Gasteiger partial charge in [-0.1, -0.05) is 16.8 Å². The van der Waals surface area contributed by atoms with Crippen molar-refractivity contribution in [3.63, 3.8) is 0 Å². The number of benzene rings is 1. The van der Waals surface area contributed by atoms with Crippen LogP contribution in [0.1, 0.15) is 92.5 Å². The molecule has 38 heavy (non-hydrogen) atoms. The van der Waals surface area contributed by atoms with Crippen LogP contribution in [0.2, 0.25) is 5.02 Å². The molecule has 0 bridgehead atoms. The van der Waals surface area contributed by atoms with Gasteiger partial charge in [0.2, 0.25) is 0 Å². The molecular formula is C26H32ClN5O6. The number of nitrogens with zero attached hydrogens (tertiary/aromatic N) is 5. The molecule has 0 amide bonds. The largest absolute Gasteiger partial charge is 0.528 e. The molecule has 1 fully saturated rings. The summed E-state index contributed by atoms with van der Waals surface area (Å²) in [5.41, 5.74) is 2.41. The first-order chi connectivity index (χ1) is 18.2. The van der Waals surface area contributed by atoms with E-state index < -0.39 is 11.8 Å². The lowest BCUT2D eigenvalue weighted by molar-refractivity contribution is -0.155. The molecule has 1 aromatic carbocycles. The molecule has 12 heteroatoms. The van der Waals surface area contributed by atoms with Crippen molar-refractivity contribution in [1.82, 2.24) is 25.0 Å². The number of aromatic nitrogens is 4. The summed E-state index contributed by atoms with van der Waals surface area (Å²) in [4.78, 5) is 17.9. The van der Waals surface area contributed by atoms with Gasteiger partial charge in [-0.05, 0) is 70.2 Å². The van der Waals surface area contributed by atoms with Crippen LogP contribution in [0.4, 0.5) is 4.79 Å². The van der Waals surface area contributed by atoms with Gasteiger partial charge in [0.1, 0.15) is 18.0 Å². The monoisotopic (exact) mass is 545 g/mol. The van der Waals surface area contributed by atoms with Crippen LogP contribution in [-0.4, -0.2) is 47.0 Å². The van der Waals surface area contributed by atoms with Crippen LogP contribution in [0, 0.1) is 0 Å². The minimum absolute atomic E-state index is 0.132. The number of aliphatic hydroxyl groups excluding tert-OH is 2. The molecule has 0 saturated heterocycles. The summed E-state index contributed by atoms with van der Waals surface area (Å²) < 4.78 is 12.6. The smallest absolute Gasteiger partial charge is 0.427 e. The Hall–Kier alpha value is -2.99. The predicted molar refractivity (Wildman–Crippen MR) is 135 cm³/mol. The summed E-state index contributed by atoms with van der Waals surface area (Å²) in [6.07, 6.45) is 2.57. The highest BCUT2D eigenvalue weighted by atomic mass is 35.5. The highest BCUT2D eigenvalue weighted by Gasteiger charge is 2.34. The lowest BCUT2D eigenvalue weighted by atomic mass is 9.79. The molecule has 2 N–H and O–H groups in total. The van der Waals surface area contributed by atoms with Crippen molar-refractivity contribution >= 4 is 17.8 Å². The van der Waals surface area contributed by atoms with Crippen molar-refractivity contribution in [2.45, 2.75) is 90.2 Å². The maximum absolute atomic E-state index is 12.4. The fourth-order valence-corrected chi connectivity index (χ4v) is 5.49. The number of carbonyl (C=O) groups excluding carboxylic acids is 1. The van der Waals surface area contributed by atoms with E-state index in [0.717, 1.165) is 48.5 Å². The van der Waals surface area contributed by atoms with Gasteiger partial charge in [-0.3, -0.25) is 4.57 Å². The number of ether oxygens (including phenoxy) is 1.